The van der Waals surface area contributed by atoms with Crippen molar-refractivity contribution in [2.75, 3.05) is 11.9 Å². The minimum absolute atomic E-state index is 0.219. The van der Waals surface area contributed by atoms with Gasteiger partial charge in [-0.3, -0.25) is 9.59 Å². The lowest BCUT2D eigenvalue weighted by Gasteiger charge is -2.11. The van der Waals surface area contributed by atoms with Crippen LogP contribution in [0.2, 0.25) is 5.02 Å². The van der Waals surface area contributed by atoms with Gasteiger partial charge in [-0.05, 0) is 49.7 Å². The number of rotatable bonds is 5. The summed E-state index contributed by atoms with van der Waals surface area (Å²) in [5.41, 5.74) is 1.41. The van der Waals surface area contributed by atoms with Gasteiger partial charge in [0.25, 0.3) is 5.91 Å². The number of hydrogen-bond donors (Lipinski definition) is 1. The third-order valence-electron chi connectivity index (χ3n) is 3.15. The van der Waals surface area contributed by atoms with Gasteiger partial charge in [0.1, 0.15) is 11.6 Å². The molecule has 1 amide bonds. The summed E-state index contributed by atoms with van der Waals surface area (Å²) in [6.45, 7) is 2.83. The Morgan fingerprint density at radius 1 is 1.22 bits per heavy atom. The van der Waals surface area contributed by atoms with Gasteiger partial charge in [0, 0.05) is 10.7 Å². The Balaban J connectivity index is 2.05. The molecule has 0 aliphatic rings. The molecule has 0 radical (unpaired) electrons. The van der Waals surface area contributed by atoms with Gasteiger partial charge in [-0.2, -0.15) is 0 Å². The SMILES string of the molecule is CC(=O)c1cc(Cl)ccc1OCC(=O)Nc1cc(F)ccc1C. The van der Waals surface area contributed by atoms with Gasteiger partial charge < -0.3 is 10.1 Å². The number of ether oxygens (including phenoxy) is 1. The standard InChI is InChI=1S/C17H15ClFNO3/c1-10-3-5-13(19)8-15(10)20-17(22)9-23-16-6-4-12(18)7-14(16)11(2)21/h3-8H,9H2,1-2H3,(H,20,22). The minimum Gasteiger partial charge on any atom is -0.483 e. The van der Waals surface area contributed by atoms with Gasteiger partial charge in [-0.1, -0.05) is 17.7 Å². The minimum atomic E-state index is -0.455. The van der Waals surface area contributed by atoms with E-state index in [2.05, 4.69) is 5.32 Å². The average molecular weight is 336 g/mol. The summed E-state index contributed by atoms with van der Waals surface area (Å²) in [5.74, 6) is -0.844. The Kier molecular flexibility index (Phi) is 5.34. The van der Waals surface area contributed by atoms with Gasteiger partial charge in [0.05, 0.1) is 5.56 Å². The monoisotopic (exact) mass is 335 g/mol. The molecule has 0 atom stereocenters. The number of Topliss-reactive ketones (excluding diaryl/α,β-unsaturated/α-hetero) is 1. The number of carbonyl (C=O) groups excluding carboxylic acids is 2. The van der Waals surface area contributed by atoms with E-state index in [0.717, 1.165) is 5.56 Å². The van der Waals surface area contributed by atoms with Crippen LogP contribution in [0.3, 0.4) is 0 Å². The molecule has 6 heteroatoms. The molecule has 2 aromatic rings. The first kappa shape index (κ1) is 17.0. The maximum Gasteiger partial charge on any atom is 0.262 e. The first-order valence-electron chi connectivity index (χ1n) is 6.86. The van der Waals surface area contributed by atoms with Crippen molar-refractivity contribution < 1.29 is 18.7 Å². The average Bonchev–Trinajstić information content (AvgIpc) is 2.49. The van der Waals surface area contributed by atoms with Crippen LogP contribution in [0.25, 0.3) is 0 Å². The molecule has 2 rings (SSSR count). The number of benzene rings is 2. The van der Waals surface area contributed by atoms with Gasteiger partial charge in [-0.15, -0.1) is 0 Å². The molecule has 0 saturated heterocycles. The van der Waals surface area contributed by atoms with Gasteiger partial charge in [-0.25, -0.2) is 4.39 Å². The predicted octanol–water partition coefficient (Wildman–Crippen LogP) is 4.01. The third kappa shape index (κ3) is 4.53. The number of halogens is 2. The highest BCUT2D eigenvalue weighted by Gasteiger charge is 2.12. The van der Waals surface area contributed by atoms with Crippen molar-refractivity contribution in [1.29, 1.82) is 0 Å². The number of hydrogen-bond acceptors (Lipinski definition) is 3. The largest absolute Gasteiger partial charge is 0.483 e. The molecular formula is C17H15ClFNO3. The highest BCUT2D eigenvalue weighted by molar-refractivity contribution is 6.31. The van der Waals surface area contributed by atoms with E-state index in [9.17, 15) is 14.0 Å². The first-order valence-corrected chi connectivity index (χ1v) is 7.24. The summed E-state index contributed by atoms with van der Waals surface area (Å²) in [6, 6.07) is 8.69. The molecule has 0 bridgehead atoms. The number of amides is 1. The Hall–Kier alpha value is -2.40. The fourth-order valence-corrected chi connectivity index (χ4v) is 2.13. The number of aryl methyl sites for hydroxylation is 1. The summed E-state index contributed by atoms with van der Waals surface area (Å²) in [7, 11) is 0. The zero-order valence-electron chi connectivity index (χ0n) is 12.7. The second kappa shape index (κ2) is 7.24. The summed E-state index contributed by atoms with van der Waals surface area (Å²) in [5, 5.41) is 2.97. The van der Waals surface area contributed by atoms with Crippen LogP contribution < -0.4 is 10.1 Å². The zero-order valence-corrected chi connectivity index (χ0v) is 13.4. The fourth-order valence-electron chi connectivity index (χ4n) is 1.96. The van der Waals surface area contributed by atoms with Crippen molar-refractivity contribution in [2.45, 2.75) is 13.8 Å². The molecule has 0 aliphatic heterocycles. The Bertz CT molecular complexity index is 761. The van der Waals surface area contributed by atoms with Gasteiger partial charge >= 0.3 is 0 Å². The Labute approximate surface area is 138 Å². The highest BCUT2D eigenvalue weighted by Crippen LogP contribution is 2.23. The molecule has 2 aromatic carbocycles. The van der Waals surface area contributed by atoms with Gasteiger partial charge in [0.15, 0.2) is 12.4 Å². The molecule has 0 fully saturated rings. The van der Waals surface area contributed by atoms with Crippen molar-refractivity contribution in [3.63, 3.8) is 0 Å². The smallest absolute Gasteiger partial charge is 0.262 e. The van der Waals surface area contributed by atoms with Crippen molar-refractivity contribution in [1.82, 2.24) is 0 Å². The van der Waals surface area contributed by atoms with E-state index in [1.807, 2.05) is 0 Å². The van der Waals surface area contributed by atoms with E-state index in [4.69, 9.17) is 16.3 Å². The maximum atomic E-state index is 13.2. The lowest BCUT2D eigenvalue weighted by Crippen LogP contribution is -2.21. The third-order valence-corrected chi connectivity index (χ3v) is 3.39. The zero-order chi connectivity index (χ0) is 17.0. The van der Waals surface area contributed by atoms with E-state index >= 15 is 0 Å². The molecule has 1 N–H and O–H groups in total. The van der Waals surface area contributed by atoms with Crippen LogP contribution in [0.15, 0.2) is 36.4 Å². The Morgan fingerprint density at radius 2 is 1.96 bits per heavy atom. The van der Waals surface area contributed by atoms with Crippen LogP contribution in [0, 0.1) is 12.7 Å². The molecule has 23 heavy (non-hydrogen) atoms. The summed E-state index contributed by atoms with van der Waals surface area (Å²) >= 11 is 5.84. The van der Waals surface area contributed by atoms with E-state index < -0.39 is 11.7 Å². The molecular weight excluding hydrogens is 321 g/mol. The molecule has 120 valence electrons. The fraction of sp³-hybridized carbons (Fsp3) is 0.176. The molecule has 0 aliphatic carbocycles. The van der Waals surface area contributed by atoms with Crippen molar-refractivity contribution in [3.05, 3.63) is 58.4 Å². The number of nitrogens with one attached hydrogen (secondary N) is 1. The molecule has 0 unspecified atom stereocenters. The van der Waals surface area contributed by atoms with Crippen LogP contribution in [0.5, 0.6) is 5.75 Å². The van der Waals surface area contributed by atoms with Crippen LogP contribution in [-0.4, -0.2) is 18.3 Å². The normalized spacial score (nSPS) is 10.3. The summed E-state index contributed by atoms with van der Waals surface area (Å²) in [4.78, 5) is 23.5. The molecule has 0 spiro atoms. The topological polar surface area (TPSA) is 55.4 Å². The van der Waals surface area contributed by atoms with Crippen molar-refractivity contribution in [3.8, 4) is 5.75 Å². The van der Waals surface area contributed by atoms with E-state index in [1.165, 1.54) is 31.2 Å². The van der Waals surface area contributed by atoms with Crippen molar-refractivity contribution in [2.24, 2.45) is 0 Å². The first-order chi connectivity index (χ1) is 10.9. The molecule has 0 saturated carbocycles. The Morgan fingerprint density at radius 3 is 2.65 bits per heavy atom. The highest BCUT2D eigenvalue weighted by atomic mass is 35.5. The quantitative estimate of drug-likeness (QED) is 0.840. The van der Waals surface area contributed by atoms with Crippen LogP contribution in [0.1, 0.15) is 22.8 Å². The number of carbonyl (C=O) groups is 2. The van der Waals surface area contributed by atoms with E-state index in [1.54, 1.807) is 19.1 Å². The van der Waals surface area contributed by atoms with Gasteiger partial charge in [0.2, 0.25) is 0 Å². The number of ketones is 1. The lowest BCUT2D eigenvalue weighted by molar-refractivity contribution is -0.118. The predicted molar refractivity (Wildman–Crippen MR) is 86.7 cm³/mol. The second-order valence-electron chi connectivity index (χ2n) is 4.99. The maximum absolute atomic E-state index is 13.2. The second-order valence-corrected chi connectivity index (χ2v) is 5.43. The van der Waals surface area contributed by atoms with Crippen LogP contribution in [-0.2, 0) is 4.79 Å². The summed E-state index contributed by atoms with van der Waals surface area (Å²) in [6.07, 6.45) is 0. The van der Waals surface area contributed by atoms with E-state index in [-0.39, 0.29) is 18.1 Å². The molecule has 0 aromatic heterocycles. The number of anilines is 1. The van der Waals surface area contributed by atoms with Crippen LogP contribution >= 0.6 is 11.6 Å². The van der Waals surface area contributed by atoms with E-state index in [0.29, 0.717) is 16.3 Å². The lowest BCUT2D eigenvalue weighted by atomic mass is 10.1. The molecule has 4 nitrogen and oxygen atoms in total. The van der Waals surface area contributed by atoms with Crippen LogP contribution in [0.4, 0.5) is 10.1 Å². The summed E-state index contributed by atoms with van der Waals surface area (Å²) < 4.78 is 18.6. The molecule has 0 heterocycles. The van der Waals surface area contributed by atoms with Crippen molar-refractivity contribution >= 4 is 29.0 Å².